The summed E-state index contributed by atoms with van der Waals surface area (Å²) in [7, 11) is 1.59. The normalized spacial score (nSPS) is 19.8. The molecule has 0 radical (unpaired) electrons. The molecule has 1 aromatic rings. The van der Waals surface area contributed by atoms with Crippen molar-refractivity contribution in [3.63, 3.8) is 0 Å². The molecule has 0 atom stereocenters. The smallest absolute Gasteiger partial charge is 0.251 e. The molecule has 0 spiro atoms. The number of carbonyl (C=O) groups is 1. The summed E-state index contributed by atoms with van der Waals surface area (Å²) in [4.78, 5) is 12.1. The minimum absolute atomic E-state index is 0.157. The number of nitrogens with one attached hydrogen (secondary N) is 1. The number of benzene rings is 1. The summed E-state index contributed by atoms with van der Waals surface area (Å²) >= 11 is 0. The van der Waals surface area contributed by atoms with Gasteiger partial charge in [-0.2, -0.15) is 0 Å². The molecule has 1 fully saturated rings. The largest absolute Gasteiger partial charge is 0.497 e. The summed E-state index contributed by atoms with van der Waals surface area (Å²) in [5, 5.41) is 13.4. The molecule has 0 unspecified atom stereocenters. The molecule has 0 bridgehead atoms. The lowest BCUT2D eigenvalue weighted by Gasteiger charge is -2.40. The van der Waals surface area contributed by atoms with E-state index in [0.717, 1.165) is 31.4 Å². The van der Waals surface area contributed by atoms with Crippen LogP contribution in [0.1, 0.15) is 49.9 Å². The van der Waals surface area contributed by atoms with Gasteiger partial charge in [0.05, 0.1) is 12.7 Å². The Hall–Kier alpha value is -1.55. The van der Waals surface area contributed by atoms with Gasteiger partial charge in [0.15, 0.2) is 0 Å². The van der Waals surface area contributed by atoms with E-state index in [2.05, 4.69) is 19.2 Å². The van der Waals surface area contributed by atoms with E-state index in [1.54, 1.807) is 31.4 Å². The van der Waals surface area contributed by atoms with Crippen molar-refractivity contribution in [3.05, 3.63) is 29.8 Å². The Morgan fingerprint density at radius 3 is 2.29 bits per heavy atom. The van der Waals surface area contributed by atoms with Crippen LogP contribution in [-0.4, -0.2) is 30.3 Å². The second-order valence-corrected chi connectivity index (χ2v) is 6.80. The first-order valence-electron chi connectivity index (χ1n) is 7.48. The van der Waals surface area contributed by atoms with Crippen LogP contribution in [0.2, 0.25) is 0 Å². The Bertz CT molecular complexity index is 483. The minimum Gasteiger partial charge on any atom is -0.497 e. The quantitative estimate of drug-likeness (QED) is 0.897. The average Bonchev–Trinajstić information content (AvgIpc) is 2.49. The minimum atomic E-state index is -0.766. The molecule has 0 heterocycles. The number of hydrogen-bond donors (Lipinski definition) is 2. The maximum atomic E-state index is 12.1. The molecule has 1 saturated carbocycles. The van der Waals surface area contributed by atoms with E-state index in [1.807, 2.05) is 0 Å². The van der Waals surface area contributed by atoms with Gasteiger partial charge in [0.2, 0.25) is 0 Å². The average molecular weight is 291 g/mol. The summed E-state index contributed by atoms with van der Waals surface area (Å²) in [6, 6.07) is 6.96. The van der Waals surface area contributed by atoms with Crippen LogP contribution in [-0.2, 0) is 0 Å². The highest BCUT2D eigenvalue weighted by molar-refractivity contribution is 5.94. The predicted octanol–water partition coefficient (Wildman–Crippen LogP) is 2.76. The van der Waals surface area contributed by atoms with Crippen molar-refractivity contribution in [2.24, 2.45) is 5.41 Å². The number of rotatable bonds is 4. The Morgan fingerprint density at radius 2 is 1.76 bits per heavy atom. The van der Waals surface area contributed by atoms with Crippen LogP contribution in [0.4, 0.5) is 0 Å². The summed E-state index contributed by atoms with van der Waals surface area (Å²) < 4.78 is 5.07. The molecule has 4 nitrogen and oxygen atoms in total. The van der Waals surface area contributed by atoms with Gasteiger partial charge >= 0.3 is 0 Å². The van der Waals surface area contributed by atoms with E-state index < -0.39 is 5.60 Å². The Balaban J connectivity index is 1.88. The van der Waals surface area contributed by atoms with Crippen LogP contribution in [0.5, 0.6) is 5.75 Å². The highest BCUT2D eigenvalue weighted by Gasteiger charge is 2.36. The third-order valence-corrected chi connectivity index (χ3v) is 4.46. The van der Waals surface area contributed by atoms with E-state index in [-0.39, 0.29) is 5.91 Å². The zero-order valence-corrected chi connectivity index (χ0v) is 13.1. The number of hydrogen-bond acceptors (Lipinski definition) is 3. The van der Waals surface area contributed by atoms with Crippen LogP contribution >= 0.6 is 0 Å². The monoisotopic (exact) mass is 291 g/mol. The van der Waals surface area contributed by atoms with Crippen molar-refractivity contribution in [2.75, 3.05) is 13.7 Å². The predicted molar refractivity (Wildman–Crippen MR) is 82.5 cm³/mol. The van der Waals surface area contributed by atoms with Gasteiger partial charge in [0.1, 0.15) is 5.75 Å². The van der Waals surface area contributed by atoms with Crippen LogP contribution < -0.4 is 10.1 Å². The van der Waals surface area contributed by atoms with Crippen molar-refractivity contribution in [3.8, 4) is 5.75 Å². The first-order valence-corrected chi connectivity index (χ1v) is 7.48. The molecule has 4 heteroatoms. The molecule has 0 aromatic heterocycles. The van der Waals surface area contributed by atoms with Gasteiger partial charge in [-0.05, 0) is 55.4 Å². The molecule has 116 valence electrons. The van der Waals surface area contributed by atoms with Crippen molar-refractivity contribution >= 4 is 5.91 Å². The van der Waals surface area contributed by atoms with Crippen molar-refractivity contribution in [2.45, 2.75) is 45.1 Å². The van der Waals surface area contributed by atoms with Crippen molar-refractivity contribution < 1.29 is 14.6 Å². The second kappa shape index (κ2) is 6.06. The van der Waals surface area contributed by atoms with Gasteiger partial charge in [0.25, 0.3) is 5.91 Å². The Labute approximate surface area is 126 Å². The summed E-state index contributed by atoms with van der Waals surface area (Å²) in [5.41, 5.74) is 0.111. The third-order valence-electron chi connectivity index (χ3n) is 4.46. The van der Waals surface area contributed by atoms with Crippen molar-refractivity contribution in [1.29, 1.82) is 0 Å². The molecule has 2 N–H and O–H groups in total. The Morgan fingerprint density at radius 1 is 1.19 bits per heavy atom. The summed E-state index contributed by atoms with van der Waals surface area (Å²) in [5.74, 6) is 0.565. The molecule has 0 saturated heterocycles. The van der Waals surface area contributed by atoms with E-state index in [0.29, 0.717) is 17.5 Å². The van der Waals surface area contributed by atoms with Crippen LogP contribution in [0.15, 0.2) is 24.3 Å². The highest BCUT2D eigenvalue weighted by atomic mass is 16.5. The van der Waals surface area contributed by atoms with Crippen LogP contribution in [0.3, 0.4) is 0 Å². The molecule has 1 aliphatic rings. The number of aliphatic hydroxyl groups is 1. The number of ether oxygens (including phenoxy) is 1. The maximum Gasteiger partial charge on any atom is 0.251 e. The van der Waals surface area contributed by atoms with Crippen LogP contribution in [0, 0.1) is 5.41 Å². The zero-order valence-electron chi connectivity index (χ0n) is 13.1. The topological polar surface area (TPSA) is 58.6 Å². The molecule has 1 aliphatic carbocycles. The fourth-order valence-corrected chi connectivity index (χ4v) is 2.66. The molecular formula is C17H25NO3. The number of amides is 1. The number of methoxy groups -OCH3 is 1. The van der Waals surface area contributed by atoms with Gasteiger partial charge in [-0.3, -0.25) is 4.79 Å². The lowest BCUT2D eigenvalue weighted by molar-refractivity contribution is -0.0233. The van der Waals surface area contributed by atoms with Gasteiger partial charge < -0.3 is 15.2 Å². The molecule has 21 heavy (non-hydrogen) atoms. The maximum absolute atomic E-state index is 12.1. The van der Waals surface area contributed by atoms with E-state index >= 15 is 0 Å². The first kappa shape index (κ1) is 15.8. The lowest BCUT2D eigenvalue weighted by Crippen LogP contribution is -2.46. The number of carbonyl (C=O) groups excluding carboxylic acids is 1. The van der Waals surface area contributed by atoms with Gasteiger partial charge in [-0.1, -0.05) is 13.8 Å². The standard InChI is InChI=1S/C17H25NO3/c1-16(2)8-10-17(20,11-9-16)12-18-15(19)13-4-6-14(21-3)7-5-13/h4-7,20H,8-12H2,1-3H3,(H,18,19). The summed E-state index contributed by atoms with van der Waals surface area (Å²) in [6.07, 6.45) is 3.45. The fourth-order valence-electron chi connectivity index (χ4n) is 2.66. The first-order chi connectivity index (χ1) is 9.84. The van der Waals surface area contributed by atoms with Gasteiger partial charge in [-0.15, -0.1) is 0 Å². The zero-order chi connectivity index (χ0) is 15.5. The molecular weight excluding hydrogens is 266 g/mol. The fraction of sp³-hybridized carbons (Fsp3) is 0.588. The van der Waals surface area contributed by atoms with E-state index in [4.69, 9.17) is 4.74 Å². The SMILES string of the molecule is COc1ccc(C(=O)NCC2(O)CCC(C)(C)CC2)cc1. The Kier molecular flexibility index (Phi) is 4.57. The molecule has 1 amide bonds. The van der Waals surface area contributed by atoms with Gasteiger partial charge in [-0.25, -0.2) is 0 Å². The van der Waals surface area contributed by atoms with Crippen molar-refractivity contribution in [1.82, 2.24) is 5.32 Å². The highest BCUT2D eigenvalue weighted by Crippen LogP contribution is 2.39. The van der Waals surface area contributed by atoms with E-state index in [9.17, 15) is 9.90 Å². The third kappa shape index (κ3) is 4.21. The molecule has 2 rings (SSSR count). The second-order valence-electron chi connectivity index (χ2n) is 6.80. The summed E-state index contributed by atoms with van der Waals surface area (Å²) in [6.45, 7) is 4.76. The molecule has 0 aliphatic heterocycles. The van der Waals surface area contributed by atoms with E-state index in [1.165, 1.54) is 0 Å². The lowest BCUT2D eigenvalue weighted by atomic mass is 9.71. The van der Waals surface area contributed by atoms with Crippen LogP contribution in [0.25, 0.3) is 0 Å². The molecule has 1 aromatic carbocycles. The van der Waals surface area contributed by atoms with Gasteiger partial charge in [0, 0.05) is 12.1 Å².